The van der Waals surface area contributed by atoms with Crippen molar-refractivity contribution < 1.29 is 26.7 Å². The molecule has 1 unspecified atom stereocenters. The highest BCUT2D eigenvalue weighted by Crippen LogP contribution is 2.33. The van der Waals surface area contributed by atoms with Crippen molar-refractivity contribution in [2.24, 2.45) is 5.73 Å². The zero-order valence-corrected chi connectivity index (χ0v) is 21.9. The number of amides is 1. The molecule has 0 bridgehead atoms. The van der Waals surface area contributed by atoms with Crippen molar-refractivity contribution in [3.8, 4) is 11.6 Å². The zero-order valence-electron chi connectivity index (χ0n) is 21.1. The number of H-pyrrole nitrogens is 1. The summed E-state index contributed by atoms with van der Waals surface area (Å²) in [6.45, 7) is 2.24. The molecule has 3 heterocycles. The number of carbonyl (C=O) groups excluding carboxylic acids is 1. The Morgan fingerprint density at radius 1 is 1.15 bits per heavy atom. The van der Waals surface area contributed by atoms with Crippen LogP contribution in [-0.2, 0) is 21.1 Å². The predicted molar refractivity (Wildman–Crippen MR) is 140 cm³/mol. The standard InChI is InChI=1S/C27H27F2N5O4S/c1-16-14-31-25-23(16)26(33-15-32-25)38-24-20(28)11-17(12-21(24)29)13-22(30)27(35)34-9-7-19(8-10-34)39(36,37)18-5-3-2-4-6-18/h2-6,11-12,14-15,19,22H,7-10,13,30H2,1H3,(H,31,32,33). The van der Waals surface area contributed by atoms with Gasteiger partial charge in [0.2, 0.25) is 17.5 Å². The van der Waals surface area contributed by atoms with E-state index in [1.807, 2.05) is 0 Å². The molecule has 39 heavy (non-hydrogen) atoms. The summed E-state index contributed by atoms with van der Waals surface area (Å²) in [5, 5.41) is -0.0876. The van der Waals surface area contributed by atoms with E-state index in [2.05, 4.69) is 15.0 Å². The summed E-state index contributed by atoms with van der Waals surface area (Å²) in [6.07, 6.45) is 3.36. The first-order valence-corrected chi connectivity index (χ1v) is 14.0. The first-order valence-electron chi connectivity index (χ1n) is 12.4. The van der Waals surface area contributed by atoms with Gasteiger partial charge in [-0.05, 0) is 61.6 Å². The van der Waals surface area contributed by atoms with Crippen molar-refractivity contribution in [3.63, 3.8) is 0 Å². The molecule has 2 aromatic heterocycles. The number of nitrogens with one attached hydrogen (secondary N) is 1. The molecule has 0 aliphatic carbocycles. The fraction of sp³-hybridized carbons (Fsp3) is 0.296. The second-order valence-electron chi connectivity index (χ2n) is 9.56. The van der Waals surface area contributed by atoms with Crippen molar-refractivity contribution in [2.45, 2.75) is 42.4 Å². The summed E-state index contributed by atoms with van der Waals surface area (Å²) in [4.78, 5) is 25.7. The Morgan fingerprint density at radius 3 is 2.49 bits per heavy atom. The number of ether oxygens (including phenoxy) is 1. The van der Waals surface area contributed by atoms with Gasteiger partial charge in [-0.15, -0.1) is 0 Å². The van der Waals surface area contributed by atoms with E-state index in [0.29, 0.717) is 11.0 Å². The van der Waals surface area contributed by atoms with Gasteiger partial charge in [-0.3, -0.25) is 4.79 Å². The Bertz CT molecular complexity index is 1600. The summed E-state index contributed by atoms with van der Waals surface area (Å²) < 4.78 is 61.1. The molecule has 204 valence electrons. The normalized spacial score (nSPS) is 15.4. The molecule has 5 rings (SSSR count). The maximum atomic E-state index is 14.9. The van der Waals surface area contributed by atoms with Gasteiger partial charge >= 0.3 is 0 Å². The summed E-state index contributed by atoms with van der Waals surface area (Å²) >= 11 is 0. The molecule has 1 atom stereocenters. The number of piperidine rings is 1. The number of likely N-dealkylation sites (tertiary alicyclic amines) is 1. The van der Waals surface area contributed by atoms with Gasteiger partial charge in [-0.1, -0.05) is 18.2 Å². The lowest BCUT2D eigenvalue weighted by atomic mass is 10.0. The van der Waals surface area contributed by atoms with Crippen LogP contribution in [0.3, 0.4) is 0 Å². The number of nitrogens with zero attached hydrogens (tertiary/aromatic N) is 3. The summed E-state index contributed by atoms with van der Waals surface area (Å²) in [5.74, 6) is -2.94. The van der Waals surface area contributed by atoms with Crippen molar-refractivity contribution in [3.05, 3.63) is 77.8 Å². The molecular formula is C27H27F2N5O4S. The van der Waals surface area contributed by atoms with Crippen molar-refractivity contribution in [1.29, 1.82) is 0 Å². The Morgan fingerprint density at radius 2 is 1.82 bits per heavy atom. The number of benzene rings is 2. The lowest BCUT2D eigenvalue weighted by molar-refractivity contribution is -0.133. The smallest absolute Gasteiger partial charge is 0.239 e. The fourth-order valence-corrected chi connectivity index (χ4v) is 6.60. The van der Waals surface area contributed by atoms with E-state index < -0.39 is 44.4 Å². The SMILES string of the molecule is Cc1c[nH]c2ncnc(Oc3c(F)cc(CC(N)C(=O)N4CCC(S(=O)(=O)c5ccccc5)CC4)cc3F)c12. The quantitative estimate of drug-likeness (QED) is 0.356. The number of aromatic amines is 1. The Kier molecular flexibility index (Phi) is 7.32. The van der Waals surface area contributed by atoms with Crippen LogP contribution < -0.4 is 10.5 Å². The maximum Gasteiger partial charge on any atom is 0.239 e. The number of sulfone groups is 1. The highest BCUT2D eigenvalue weighted by molar-refractivity contribution is 7.92. The van der Waals surface area contributed by atoms with Crippen LogP contribution in [0.2, 0.25) is 0 Å². The number of hydrogen-bond donors (Lipinski definition) is 2. The maximum absolute atomic E-state index is 14.9. The molecule has 3 N–H and O–H groups in total. The molecule has 0 spiro atoms. The molecule has 1 saturated heterocycles. The van der Waals surface area contributed by atoms with Crippen LogP contribution in [-0.4, -0.2) is 58.6 Å². The first kappa shape index (κ1) is 26.7. The van der Waals surface area contributed by atoms with Gasteiger partial charge in [0.1, 0.15) is 12.0 Å². The van der Waals surface area contributed by atoms with Crippen LogP contribution in [0.25, 0.3) is 11.0 Å². The van der Waals surface area contributed by atoms with E-state index in [9.17, 15) is 22.0 Å². The molecule has 1 aliphatic rings. The van der Waals surface area contributed by atoms with Crippen LogP contribution >= 0.6 is 0 Å². The van der Waals surface area contributed by atoms with Gasteiger partial charge in [-0.2, -0.15) is 0 Å². The Hall–Kier alpha value is -3.90. The number of carbonyl (C=O) groups is 1. The number of nitrogens with two attached hydrogens (primary N) is 1. The van der Waals surface area contributed by atoms with Gasteiger partial charge in [0.15, 0.2) is 21.5 Å². The van der Waals surface area contributed by atoms with E-state index in [1.54, 1.807) is 43.5 Å². The van der Waals surface area contributed by atoms with Gasteiger partial charge in [0.25, 0.3) is 0 Å². The van der Waals surface area contributed by atoms with Crippen LogP contribution in [0.5, 0.6) is 11.6 Å². The number of rotatable bonds is 7. The van der Waals surface area contributed by atoms with Crippen LogP contribution in [0.4, 0.5) is 8.78 Å². The zero-order chi connectivity index (χ0) is 27.7. The Labute approximate surface area is 223 Å². The third kappa shape index (κ3) is 5.34. The van der Waals surface area contributed by atoms with Crippen molar-refractivity contribution in [1.82, 2.24) is 19.9 Å². The lowest BCUT2D eigenvalue weighted by Crippen LogP contribution is -2.49. The third-order valence-corrected chi connectivity index (χ3v) is 9.20. The van der Waals surface area contributed by atoms with Gasteiger partial charge in [0, 0.05) is 19.3 Å². The minimum absolute atomic E-state index is 0.00820. The molecule has 1 aliphatic heterocycles. The number of aryl methyl sites for hydroxylation is 1. The molecule has 1 amide bonds. The summed E-state index contributed by atoms with van der Waals surface area (Å²) in [7, 11) is -3.50. The number of hydrogen-bond acceptors (Lipinski definition) is 7. The molecule has 12 heteroatoms. The highest BCUT2D eigenvalue weighted by atomic mass is 32.2. The van der Waals surface area contributed by atoms with Crippen LogP contribution in [0, 0.1) is 18.6 Å². The largest absolute Gasteiger partial charge is 0.432 e. The average Bonchev–Trinajstić information content (AvgIpc) is 3.32. The number of fused-ring (bicyclic) bond motifs is 1. The minimum Gasteiger partial charge on any atom is -0.432 e. The third-order valence-electron chi connectivity index (χ3n) is 6.93. The van der Waals surface area contributed by atoms with Crippen molar-refractivity contribution in [2.75, 3.05) is 13.1 Å². The van der Waals surface area contributed by atoms with Crippen LogP contribution in [0.15, 0.2) is 59.9 Å². The first-order chi connectivity index (χ1) is 18.6. The number of aromatic nitrogens is 3. The second kappa shape index (κ2) is 10.7. The lowest BCUT2D eigenvalue weighted by Gasteiger charge is -2.33. The summed E-state index contributed by atoms with van der Waals surface area (Å²) in [6, 6.07) is 9.32. The van der Waals surface area contributed by atoms with Gasteiger partial charge in [-0.25, -0.2) is 27.2 Å². The molecule has 9 nitrogen and oxygen atoms in total. The van der Waals surface area contributed by atoms with E-state index in [0.717, 1.165) is 17.7 Å². The molecular weight excluding hydrogens is 528 g/mol. The molecule has 0 saturated carbocycles. The fourth-order valence-electron chi connectivity index (χ4n) is 4.85. The molecule has 2 aromatic carbocycles. The molecule has 4 aromatic rings. The molecule has 1 fully saturated rings. The molecule has 0 radical (unpaired) electrons. The Balaban J connectivity index is 1.23. The van der Waals surface area contributed by atoms with Gasteiger partial charge in [0.05, 0.1) is 21.6 Å². The topological polar surface area (TPSA) is 131 Å². The highest BCUT2D eigenvalue weighted by Gasteiger charge is 2.34. The van der Waals surface area contributed by atoms with E-state index in [4.69, 9.17) is 10.5 Å². The average molecular weight is 556 g/mol. The predicted octanol–water partition coefficient (Wildman–Crippen LogP) is 3.67. The van der Waals surface area contributed by atoms with E-state index >= 15 is 0 Å². The van der Waals surface area contributed by atoms with Gasteiger partial charge < -0.3 is 20.4 Å². The second-order valence-corrected chi connectivity index (χ2v) is 11.8. The van der Waals surface area contributed by atoms with Crippen molar-refractivity contribution >= 4 is 26.8 Å². The minimum atomic E-state index is -3.50. The van der Waals surface area contributed by atoms with E-state index in [-0.39, 0.29) is 48.7 Å². The van der Waals surface area contributed by atoms with E-state index in [1.165, 1.54) is 11.2 Å². The monoisotopic (exact) mass is 555 g/mol. The summed E-state index contributed by atoms with van der Waals surface area (Å²) in [5.41, 5.74) is 7.53. The number of halogens is 2. The van der Waals surface area contributed by atoms with Crippen LogP contribution in [0.1, 0.15) is 24.0 Å².